The van der Waals surface area contributed by atoms with Gasteiger partial charge in [-0.3, -0.25) is 0 Å². The molecule has 2 rings (SSSR count). The quantitative estimate of drug-likeness (QED) is 0.811. The number of hydrogen-bond donors (Lipinski definition) is 2. The number of phenolic OH excluding ortho intramolecular Hbond substituents is 1. The maximum atomic E-state index is 9.25. The summed E-state index contributed by atoms with van der Waals surface area (Å²) in [5.41, 5.74) is 1.87. The lowest BCUT2D eigenvalue weighted by Gasteiger charge is -2.21. The average Bonchev–Trinajstić information content (AvgIpc) is 2.40. The molecule has 0 heterocycles. The van der Waals surface area contributed by atoms with E-state index in [1.165, 1.54) is 0 Å². The predicted octanol–water partition coefficient (Wildman–Crippen LogP) is 3.23. The maximum Gasteiger partial charge on any atom is 0.177 e. The van der Waals surface area contributed by atoms with Gasteiger partial charge in [-0.15, -0.1) is 0 Å². The molecule has 92 valence electrons. The SMILES string of the molecule is CN(C(=S)Nc1ccccc1)c1ccc(O)cc1. The van der Waals surface area contributed by atoms with Crippen molar-refractivity contribution < 1.29 is 5.11 Å². The second kappa shape index (κ2) is 5.51. The smallest absolute Gasteiger partial charge is 0.177 e. The number of nitrogens with one attached hydrogen (secondary N) is 1. The Morgan fingerprint density at radius 1 is 1.06 bits per heavy atom. The highest BCUT2D eigenvalue weighted by Crippen LogP contribution is 2.18. The van der Waals surface area contributed by atoms with Crippen LogP contribution in [0.2, 0.25) is 0 Å². The van der Waals surface area contributed by atoms with Gasteiger partial charge in [0, 0.05) is 18.4 Å². The lowest BCUT2D eigenvalue weighted by atomic mass is 10.3. The Bertz CT molecular complexity index is 525. The molecule has 0 aliphatic carbocycles. The number of phenols is 1. The lowest BCUT2D eigenvalue weighted by Crippen LogP contribution is -2.30. The third kappa shape index (κ3) is 2.99. The molecule has 0 saturated heterocycles. The van der Waals surface area contributed by atoms with E-state index in [0.717, 1.165) is 11.4 Å². The van der Waals surface area contributed by atoms with E-state index in [4.69, 9.17) is 12.2 Å². The van der Waals surface area contributed by atoms with Gasteiger partial charge in [0.1, 0.15) is 5.75 Å². The Balaban J connectivity index is 2.07. The van der Waals surface area contributed by atoms with Gasteiger partial charge in [-0.1, -0.05) is 18.2 Å². The zero-order valence-corrected chi connectivity index (χ0v) is 10.8. The number of nitrogens with zero attached hydrogens (tertiary/aromatic N) is 1. The fraction of sp³-hybridized carbons (Fsp3) is 0.0714. The second-order valence-electron chi connectivity index (χ2n) is 3.87. The highest BCUT2D eigenvalue weighted by Gasteiger charge is 2.06. The molecule has 0 bridgehead atoms. The molecule has 0 aliphatic rings. The van der Waals surface area contributed by atoms with Gasteiger partial charge in [0.25, 0.3) is 0 Å². The van der Waals surface area contributed by atoms with Crippen LogP contribution >= 0.6 is 12.2 Å². The van der Waals surface area contributed by atoms with Crippen LogP contribution in [0.15, 0.2) is 54.6 Å². The Labute approximate surface area is 112 Å². The van der Waals surface area contributed by atoms with Crippen molar-refractivity contribution in [1.82, 2.24) is 0 Å². The van der Waals surface area contributed by atoms with Crippen LogP contribution in [0.4, 0.5) is 11.4 Å². The summed E-state index contributed by atoms with van der Waals surface area (Å²) >= 11 is 5.33. The Morgan fingerprint density at radius 2 is 1.67 bits per heavy atom. The van der Waals surface area contributed by atoms with E-state index in [2.05, 4.69) is 5.32 Å². The Morgan fingerprint density at radius 3 is 2.28 bits per heavy atom. The van der Waals surface area contributed by atoms with E-state index in [1.807, 2.05) is 54.4 Å². The normalized spacial score (nSPS) is 9.83. The van der Waals surface area contributed by atoms with Crippen LogP contribution in [-0.2, 0) is 0 Å². The first-order valence-corrected chi connectivity index (χ1v) is 5.96. The van der Waals surface area contributed by atoms with Gasteiger partial charge in [-0.05, 0) is 48.6 Å². The van der Waals surface area contributed by atoms with Crippen LogP contribution in [0.25, 0.3) is 0 Å². The third-order valence-electron chi connectivity index (χ3n) is 2.57. The molecule has 18 heavy (non-hydrogen) atoms. The average molecular weight is 258 g/mol. The number of thiocarbonyl (C=S) groups is 1. The summed E-state index contributed by atoms with van der Waals surface area (Å²) in [4.78, 5) is 1.85. The minimum Gasteiger partial charge on any atom is -0.508 e. The molecule has 3 nitrogen and oxygen atoms in total. The molecule has 0 radical (unpaired) electrons. The maximum absolute atomic E-state index is 9.25. The van der Waals surface area contributed by atoms with E-state index in [0.29, 0.717) is 5.11 Å². The van der Waals surface area contributed by atoms with Crippen molar-refractivity contribution in [2.75, 3.05) is 17.3 Å². The monoisotopic (exact) mass is 258 g/mol. The van der Waals surface area contributed by atoms with E-state index < -0.39 is 0 Å². The zero-order valence-electron chi connectivity index (χ0n) is 10.00. The van der Waals surface area contributed by atoms with Crippen molar-refractivity contribution in [2.45, 2.75) is 0 Å². The van der Waals surface area contributed by atoms with Crippen molar-refractivity contribution in [3.63, 3.8) is 0 Å². The standard InChI is InChI=1S/C14H14N2OS/c1-16(12-7-9-13(17)10-8-12)14(18)15-11-5-3-2-4-6-11/h2-10,17H,1H3,(H,15,18). The molecule has 2 aromatic carbocycles. The second-order valence-corrected chi connectivity index (χ2v) is 4.26. The molecule has 0 aromatic heterocycles. The number of rotatable bonds is 2. The summed E-state index contributed by atoms with van der Waals surface area (Å²) in [7, 11) is 1.88. The van der Waals surface area contributed by atoms with Crippen molar-refractivity contribution in [3.8, 4) is 5.75 Å². The Hall–Kier alpha value is -2.07. The van der Waals surface area contributed by atoms with Crippen molar-refractivity contribution >= 4 is 28.7 Å². The molecule has 0 amide bonds. The molecule has 0 spiro atoms. The van der Waals surface area contributed by atoms with Gasteiger partial charge >= 0.3 is 0 Å². The summed E-state index contributed by atoms with van der Waals surface area (Å²) in [6.07, 6.45) is 0. The molecule has 4 heteroatoms. The molecule has 0 unspecified atom stereocenters. The first kappa shape index (κ1) is 12.4. The molecule has 0 fully saturated rings. The lowest BCUT2D eigenvalue weighted by molar-refractivity contribution is 0.475. The van der Waals surface area contributed by atoms with Crippen LogP contribution in [-0.4, -0.2) is 17.3 Å². The van der Waals surface area contributed by atoms with Gasteiger partial charge < -0.3 is 15.3 Å². The number of hydrogen-bond acceptors (Lipinski definition) is 2. The van der Waals surface area contributed by atoms with Crippen molar-refractivity contribution in [1.29, 1.82) is 0 Å². The van der Waals surface area contributed by atoms with Crippen LogP contribution in [0.1, 0.15) is 0 Å². The molecule has 2 aromatic rings. The topological polar surface area (TPSA) is 35.5 Å². The first-order valence-electron chi connectivity index (χ1n) is 5.55. The third-order valence-corrected chi connectivity index (χ3v) is 2.94. The fourth-order valence-electron chi connectivity index (χ4n) is 1.52. The van der Waals surface area contributed by atoms with Gasteiger partial charge in [0.15, 0.2) is 5.11 Å². The molecule has 0 atom stereocenters. The fourth-order valence-corrected chi connectivity index (χ4v) is 1.75. The van der Waals surface area contributed by atoms with Crippen molar-refractivity contribution in [2.24, 2.45) is 0 Å². The zero-order chi connectivity index (χ0) is 13.0. The molecule has 0 aliphatic heterocycles. The first-order chi connectivity index (χ1) is 8.66. The number of benzene rings is 2. The van der Waals surface area contributed by atoms with Gasteiger partial charge in [0.2, 0.25) is 0 Å². The van der Waals surface area contributed by atoms with Gasteiger partial charge in [-0.25, -0.2) is 0 Å². The van der Waals surface area contributed by atoms with E-state index in [-0.39, 0.29) is 5.75 Å². The summed E-state index contributed by atoms with van der Waals surface area (Å²) < 4.78 is 0. The summed E-state index contributed by atoms with van der Waals surface area (Å²) in [5.74, 6) is 0.245. The van der Waals surface area contributed by atoms with Crippen LogP contribution < -0.4 is 10.2 Å². The van der Waals surface area contributed by atoms with E-state index in [1.54, 1.807) is 12.1 Å². The minimum absolute atomic E-state index is 0.245. The Kier molecular flexibility index (Phi) is 3.79. The number of anilines is 2. The van der Waals surface area contributed by atoms with Gasteiger partial charge in [-0.2, -0.15) is 0 Å². The van der Waals surface area contributed by atoms with Crippen LogP contribution in [0.5, 0.6) is 5.75 Å². The van der Waals surface area contributed by atoms with E-state index >= 15 is 0 Å². The molecule has 0 saturated carbocycles. The number of aromatic hydroxyl groups is 1. The molecule has 2 N–H and O–H groups in total. The minimum atomic E-state index is 0.245. The van der Waals surface area contributed by atoms with Crippen LogP contribution in [0.3, 0.4) is 0 Å². The molecular formula is C14H14N2OS. The summed E-state index contributed by atoms with van der Waals surface area (Å²) in [6, 6.07) is 16.7. The summed E-state index contributed by atoms with van der Waals surface area (Å²) in [6.45, 7) is 0. The largest absolute Gasteiger partial charge is 0.508 e. The van der Waals surface area contributed by atoms with Crippen molar-refractivity contribution in [3.05, 3.63) is 54.6 Å². The van der Waals surface area contributed by atoms with Crippen LogP contribution in [0, 0.1) is 0 Å². The highest BCUT2D eigenvalue weighted by molar-refractivity contribution is 7.80. The highest BCUT2D eigenvalue weighted by atomic mass is 32.1. The number of para-hydroxylation sites is 1. The molecular weight excluding hydrogens is 244 g/mol. The summed E-state index contributed by atoms with van der Waals surface area (Å²) in [5, 5.41) is 13.0. The van der Waals surface area contributed by atoms with E-state index in [9.17, 15) is 5.11 Å². The predicted molar refractivity (Wildman–Crippen MR) is 79.2 cm³/mol. The van der Waals surface area contributed by atoms with Gasteiger partial charge in [0.05, 0.1) is 0 Å².